The Morgan fingerprint density at radius 1 is 1.02 bits per heavy atom. The predicted octanol–water partition coefficient (Wildman–Crippen LogP) is 7.19. The fourth-order valence-electron chi connectivity index (χ4n) is 4.72. The third-order valence-corrected chi connectivity index (χ3v) is 7.72. The highest BCUT2D eigenvalue weighted by atomic mass is 32.2. The molecule has 3 aromatic carbocycles. The molecule has 0 saturated heterocycles. The zero-order valence-electron chi connectivity index (χ0n) is 23.6. The van der Waals surface area contributed by atoms with E-state index in [0.29, 0.717) is 34.7 Å². The lowest BCUT2D eigenvalue weighted by atomic mass is 9.85. The zero-order chi connectivity index (χ0) is 28.3. The second kappa shape index (κ2) is 11.6. The predicted molar refractivity (Wildman–Crippen MR) is 162 cm³/mol. The van der Waals surface area contributed by atoms with Crippen molar-refractivity contribution in [2.45, 2.75) is 57.0 Å². The molecule has 1 aromatic heterocycles. The Bertz CT molecular complexity index is 1520. The number of allylic oxidation sites excluding steroid dienone is 1. The summed E-state index contributed by atoms with van der Waals surface area (Å²) in [7, 11) is 0. The standard InChI is InChI=1S/C32H35N5O2S/c1-6-39-26-15-11-10-14-25(26)34-29(38)27-21(2)33-30-35-31(40-20-22-12-8-7-9-13-22)36-37(30)28(27)23-16-18-24(19-17-23)32(3,4)5/h7-19,28H,6,20H2,1-5H3,(H,34,38)(H,33,35,36). The minimum atomic E-state index is -0.455. The first-order chi connectivity index (χ1) is 19.2. The van der Waals surface area contributed by atoms with Crippen molar-refractivity contribution in [3.05, 3.63) is 107 Å². The van der Waals surface area contributed by atoms with Gasteiger partial charge in [-0.1, -0.05) is 99.3 Å². The van der Waals surface area contributed by atoms with Gasteiger partial charge < -0.3 is 15.4 Å². The van der Waals surface area contributed by atoms with E-state index < -0.39 is 6.04 Å². The third-order valence-electron chi connectivity index (χ3n) is 6.82. The molecule has 0 saturated carbocycles. The number of rotatable bonds is 8. The van der Waals surface area contributed by atoms with Crippen LogP contribution in [0.3, 0.4) is 0 Å². The van der Waals surface area contributed by atoms with Crippen molar-refractivity contribution in [1.82, 2.24) is 14.8 Å². The molecule has 8 heteroatoms. The first-order valence-corrected chi connectivity index (χ1v) is 14.5. The van der Waals surface area contributed by atoms with E-state index in [-0.39, 0.29) is 11.3 Å². The quantitative estimate of drug-likeness (QED) is 0.225. The summed E-state index contributed by atoms with van der Waals surface area (Å²) in [4.78, 5) is 18.7. The largest absolute Gasteiger partial charge is 0.492 e. The van der Waals surface area contributed by atoms with E-state index in [9.17, 15) is 4.79 Å². The lowest BCUT2D eigenvalue weighted by Gasteiger charge is -2.29. The van der Waals surface area contributed by atoms with Crippen molar-refractivity contribution in [1.29, 1.82) is 0 Å². The van der Waals surface area contributed by atoms with Crippen LogP contribution in [0.4, 0.5) is 11.6 Å². The van der Waals surface area contributed by atoms with Gasteiger partial charge in [0.25, 0.3) is 5.91 Å². The van der Waals surface area contributed by atoms with E-state index in [0.717, 1.165) is 17.0 Å². The Balaban J connectivity index is 1.51. The summed E-state index contributed by atoms with van der Waals surface area (Å²) >= 11 is 1.57. The molecule has 0 radical (unpaired) electrons. The number of nitrogens with zero attached hydrogens (tertiary/aromatic N) is 3. The monoisotopic (exact) mass is 553 g/mol. The molecule has 4 aromatic rings. The fraction of sp³-hybridized carbons (Fsp3) is 0.281. The maximum atomic E-state index is 13.9. The van der Waals surface area contributed by atoms with Crippen molar-refractivity contribution in [3.8, 4) is 5.75 Å². The van der Waals surface area contributed by atoms with Crippen LogP contribution in [0, 0.1) is 0 Å². The summed E-state index contributed by atoms with van der Waals surface area (Å²) in [5, 5.41) is 12.0. The second-order valence-corrected chi connectivity index (χ2v) is 11.7. The molecule has 1 amide bonds. The SMILES string of the molecule is CCOc1ccccc1NC(=O)C1=C(C)Nc2nc(SCc3ccccc3)nn2C1c1ccc(C(C)(C)C)cc1. The van der Waals surface area contributed by atoms with Crippen LogP contribution in [0.5, 0.6) is 5.75 Å². The molecule has 7 nitrogen and oxygen atoms in total. The van der Waals surface area contributed by atoms with Gasteiger partial charge in [-0.05, 0) is 48.1 Å². The molecule has 0 bridgehead atoms. The number of fused-ring (bicyclic) bond motifs is 1. The van der Waals surface area contributed by atoms with Crippen molar-refractivity contribution >= 4 is 29.3 Å². The van der Waals surface area contributed by atoms with Gasteiger partial charge in [-0.3, -0.25) is 4.79 Å². The number of hydrogen-bond acceptors (Lipinski definition) is 6. The molecule has 1 aliphatic rings. The number of anilines is 2. The van der Waals surface area contributed by atoms with Crippen LogP contribution < -0.4 is 15.4 Å². The normalized spacial score (nSPS) is 14.9. The van der Waals surface area contributed by atoms with Gasteiger partial charge in [-0.15, -0.1) is 5.10 Å². The Morgan fingerprint density at radius 3 is 2.42 bits per heavy atom. The molecule has 5 rings (SSSR count). The average Bonchev–Trinajstić information content (AvgIpc) is 3.35. The van der Waals surface area contributed by atoms with Gasteiger partial charge >= 0.3 is 0 Å². The van der Waals surface area contributed by atoms with E-state index in [1.165, 1.54) is 11.1 Å². The van der Waals surface area contributed by atoms with Crippen LogP contribution in [0.25, 0.3) is 0 Å². The maximum absolute atomic E-state index is 13.9. The van der Waals surface area contributed by atoms with Gasteiger partial charge in [0.2, 0.25) is 11.1 Å². The number of aromatic nitrogens is 3. The van der Waals surface area contributed by atoms with Gasteiger partial charge in [0.15, 0.2) is 0 Å². The summed E-state index contributed by atoms with van der Waals surface area (Å²) in [6.07, 6.45) is 0. The van der Waals surface area contributed by atoms with Crippen molar-refractivity contribution in [2.75, 3.05) is 17.2 Å². The summed E-state index contributed by atoms with van der Waals surface area (Å²) in [6.45, 7) is 10.9. The van der Waals surface area contributed by atoms with Crippen LogP contribution in [-0.2, 0) is 16.0 Å². The van der Waals surface area contributed by atoms with Crippen molar-refractivity contribution in [3.63, 3.8) is 0 Å². The fourth-order valence-corrected chi connectivity index (χ4v) is 5.51. The molecule has 0 spiro atoms. The molecule has 1 atom stereocenters. The Labute approximate surface area is 240 Å². The van der Waals surface area contributed by atoms with E-state index >= 15 is 0 Å². The van der Waals surface area contributed by atoms with E-state index in [4.69, 9.17) is 14.8 Å². The highest BCUT2D eigenvalue weighted by molar-refractivity contribution is 7.98. The first kappa shape index (κ1) is 27.5. The number of amides is 1. The molecule has 1 unspecified atom stereocenters. The van der Waals surface area contributed by atoms with Gasteiger partial charge in [0.1, 0.15) is 11.8 Å². The van der Waals surface area contributed by atoms with E-state index in [1.54, 1.807) is 11.8 Å². The topological polar surface area (TPSA) is 81.1 Å². The van der Waals surface area contributed by atoms with Crippen LogP contribution in [0.1, 0.15) is 57.4 Å². The molecule has 2 N–H and O–H groups in total. The number of nitrogens with one attached hydrogen (secondary N) is 2. The van der Waals surface area contributed by atoms with E-state index in [2.05, 4.69) is 67.8 Å². The highest BCUT2D eigenvalue weighted by Crippen LogP contribution is 2.38. The van der Waals surface area contributed by atoms with Gasteiger partial charge in [0, 0.05) is 11.4 Å². The molecule has 206 valence electrons. The third kappa shape index (κ3) is 5.92. The summed E-state index contributed by atoms with van der Waals surface area (Å²) in [6, 6.07) is 25.7. The van der Waals surface area contributed by atoms with Crippen molar-refractivity contribution in [2.24, 2.45) is 0 Å². The number of benzene rings is 3. The second-order valence-electron chi connectivity index (χ2n) is 10.8. The minimum absolute atomic E-state index is 0.0151. The number of hydrogen-bond donors (Lipinski definition) is 2. The van der Waals surface area contributed by atoms with Crippen LogP contribution >= 0.6 is 11.8 Å². The molecular weight excluding hydrogens is 518 g/mol. The number of carbonyl (C=O) groups excluding carboxylic acids is 1. The summed E-state index contributed by atoms with van der Waals surface area (Å²) in [5.74, 6) is 1.78. The van der Waals surface area contributed by atoms with Gasteiger partial charge in [-0.2, -0.15) is 4.98 Å². The number of ether oxygens (including phenoxy) is 1. The zero-order valence-corrected chi connectivity index (χ0v) is 24.4. The number of carbonyl (C=O) groups is 1. The molecule has 0 aliphatic carbocycles. The summed E-state index contributed by atoms with van der Waals surface area (Å²) in [5.41, 5.74) is 5.33. The lowest BCUT2D eigenvalue weighted by Crippen LogP contribution is -2.31. The maximum Gasteiger partial charge on any atom is 0.255 e. The number of para-hydroxylation sites is 2. The molecule has 40 heavy (non-hydrogen) atoms. The smallest absolute Gasteiger partial charge is 0.255 e. The molecule has 1 aliphatic heterocycles. The van der Waals surface area contributed by atoms with Crippen LogP contribution in [0.15, 0.2) is 95.3 Å². The van der Waals surface area contributed by atoms with Crippen LogP contribution in [-0.4, -0.2) is 27.3 Å². The van der Waals surface area contributed by atoms with Crippen LogP contribution in [0.2, 0.25) is 0 Å². The Morgan fingerprint density at radius 2 is 1.73 bits per heavy atom. The molecule has 2 heterocycles. The van der Waals surface area contributed by atoms with Gasteiger partial charge in [0.05, 0.1) is 17.9 Å². The molecule has 0 fully saturated rings. The Kier molecular flexibility index (Phi) is 7.98. The first-order valence-electron chi connectivity index (χ1n) is 13.5. The van der Waals surface area contributed by atoms with E-state index in [1.807, 2.05) is 61.0 Å². The molecular formula is C32H35N5O2S. The lowest BCUT2D eigenvalue weighted by molar-refractivity contribution is -0.113. The Hall–Kier alpha value is -4.04. The van der Waals surface area contributed by atoms with Crippen molar-refractivity contribution < 1.29 is 9.53 Å². The van der Waals surface area contributed by atoms with Gasteiger partial charge in [-0.25, -0.2) is 4.68 Å². The average molecular weight is 554 g/mol. The number of thioether (sulfide) groups is 1. The minimum Gasteiger partial charge on any atom is -0.492 e. The highest BCUT2D eigenvalue weighted by Gasteiger charge is 2.35. The summed E-state index contributed by atoms with van der Waals surface area (Å²) < 4.78 is 7.58.